The molecule has 2 aliphatic carbocycles. The summed E-state index contributed by atoms with van der Waals surface area (Å²) in [7, 11) is 0. The largest absolute Gasteiger partial charge is 0.388 e. The van der Waals surface area contributed by atoms with Crippen molar-refractivity contribution in [3.8, 4) is 0 Å². The molecule has 0 amide bonds. The number of carbonyl (C=O) groups is 2. The van der Waals surface area contributed by atoms with Gasteiger partial charge in [0, 0.05) is 53.2 Å². The van der Waals surface area contributed by atoms with Gasteiger partial charge < -0.3 is 16.4 Å². The van der Waals surface area contributed by atoms with Crippen LogP contribution in [0.15, 0.2) is 72.2 Å². The summed E-state index contributed by atoms with van der Waals surface area (Å²) in [4.78, 5) is 23.5. The van der Waals surface area contributed by atoms with Crippen LogP contribution in [0.1, 0.15) is 19.3 Å². The van der Waals surface area contributed by atoms with Crippen molar-refractivity contribution in [2.75, 3.05) is 13.1 Å². The van der Waals surface area contributed by atoms with Crippen LogP contribution in [0.25, 0.3) is 0 Å². The molecule has 4 N–H and O–H groups in total. The van der Waals surface area contributed by atoms with Crippen LogP contribution in [0.2, 0.25) is 0 Å². The first-order chi connectivity index (χ1) is 12.2. The van der Waals surface area contributed by atoms with E-state index in [0.29, 0.717) is 24.2 Å². The number of nitrogens with two attached hydrogens (primary N) is 1. The van der Waals surface area contributed by atoms with E-state index in [1.165, 1.54) is 0 Å². The molecule has 26 heavy (non-hydrogen) atoms. The van der Waals surface area contributed by atoms with Crippen molar-refractivity contribution in [2.24, 2.45) is 5.73 Å². The van der Waals surface area contributed by atoms with Gasteiger partial charge in [0.1, 0.15) is 0 Å². The number of hydrogen-bond donors (Lipinski definition) is 3. The van der Waals surface area contributed by atoms with E-state index < -0.39 is 0 Å². The molecular formula is C20H25CuN3O2. The van der Waals surface area contributed by atoms with E-state index in [-0.39, 0.29) is 34.7 Å². The quantitative estimate of drug-likeness (QED) is 0.311. The summed E-state index contributed by atoms with van der Waals surface area (Å²) in [6, 6.07) is 0.140. The van der Waals surface area contributed by atoms with Crippen LogP contribution in [0, 0.1) is 0 Å². The van der Waals surface area contributed by atoms with E-state index in [2.05, 4.69) is 10.6 Å². The molecule has 0 spiro atoms. The number of ketones is 2. The molecule has 0 aromatic carbocycles. The fourth-order valence-electron chi connectivity index (χ4n) is 2.50. The molecule has 1 radical (unpaired) electrons. The Bertz CT molecular complexity index is 673. The Morgan fingerprint density at radius 1 is 0.885 bits per heavy atom. The summed E-state index contributed by atoms with van der Waals surface area (Å²) in [5, 5.41) is 6.51. The molecule has 0 bridgehead atoms. The van der Waals surface area contributed by atoms with Gasteiger partial charge in [-0.2, -0.15) is 0 Å². The standard InChI is InChI=1S/C20H25N3O2.Cu/c21-12-6-5-9-18(23-14-17-8-2-4-11-20(17)25)15-22-13-16-7-1-3-10-19(16)24;/h1-4,7-8,10-11,13-14,18,22-23H,5-6,9,12,15,21H2;/b16-13-,17-14-;/t18-;/m0./s1. The minimum atomic E-state index is -0.00511. The summed E-state index contributed by atoms with van der Waals surface area (Å²) < 4.78 is 0. The summed E-state index contributed by atoms with van der Waals surface area (Å²) in [6.45, 7) is 1.32. The van der Waals surface area contributed by atoms with E-state index in [9.17, 15) is 9.59 Å². The maximum Gasteiger partial charge on any atom is 0.187 e. The first kappa shape index (κ1) is 21.9. The minimum Gasteiger partial charge on any atom is -0.388 e. The molecule has 143 valence electrons. The molecule has 2 aliphatic rings. The molecular weight excluding hydrogens is 378 g/mol. The topological polar surface area (TPSA) is 84.2 Å². The average molecular weight is 403 g/mol. The predicted molar refractivity (Wildman–Crippen MR) is 101 cm³/mol. The van der Waals surface area contributed by atoms with Crippen LogP contribution in [0.3, 0.4) is 0 Å². The Labute approximate surface area is 165 Å². The third-order valence-electron chi connectivity index (χ3n) is 3.94. The van der Waals surface area contributed by atoms with Gasteiger partial charge in [-0.1, -0.05) is 30.7 Å². The summed E-state index contributed by atoms with van der Waals surface area (Å²) in [6.07, 6.45) is 20.2. The average Bonchev–Trinajstić information content (AvgIpc) is 2.62. The maximum absolute atomic E-state index is 11.8. The van der Waals surface area contributed by atoms with Gasteiger partial charge in [-0.05, 0) is 43.7 Å². The van der Waals surface area contributed by atoms with Gasteiger partial charge in [0.25, 0.3) is 0 Å². The van der Waals surface area contributed by atoms with Gasteiger partial charge in [-0.3, -0.25) is 9.59 Å². The molecule has 0 saturated carbocycles. The van der Waals surface area contributed by atoms with Gasteiger partial charge in [0.05, 0.1) is 0 Å². The third kappa shape index (κ3) is 7.40. The van der Waals surface area contributed by atoms with Crippen LogP contribution < -0.4 is 16.4 Å². The minimum absolute atomic E-state index is 0. The second kappa shape index (κ2) is 12.3. The van der Waals surface area contributed by atoms with E-state index in [1.54, 1.807) is 48.9 Å². The van der Waals surface area contributed by atoms with Crippen LogP contribution in [0.5, 0.6) is 0 Å². The molecule has 0 aliphatic heterocycles. The molecule has 0 heterocycles. The summed E-state index contributed by atoms with van der Waals surface area (Å²) >= 11 is 0. The number of hydrogen-bond acceptors (Lipinski definition) is 5. The molecule has 5 nitrogen and oxygen atoms in total. The molecule has 0 saturated heterocycles. The SMILES string of the molecule is NCCCC[C@@H](CN/C=C1/C=CC=CC1=O)N/C=C1/C=CC=CC1=O.[Cu]. The Kier molecular flexibility index (Phi) is 10.3. The number of carbonyl (C=O) groups excluding carboxylic acids is 2. The molecule has 6 heteroatoms. The second-order valence-corrected chi connectivity index (χ2v) is 5.92. The van der Waals surface area contributed by atoms with Crippen molar-refractivity contribution in [2.45, 2.75) is 25.3 Å². The molecule has 0 unspecified atom stereocenters. The number of nitrogens with one attached hydrogen (secondary N) is 2. The normalized spacial score (nSPS) is 19.7. The fraction of sp³-hybridized carbons (Fsp3) is 0.300. The molecule has 0 aromatic rings. The van der Waals surface area contributed by atoms with Crippen molar-refractivity contribution in [1.82, 2.24) is 10.6 Å². The van der Waals surface area contributed by atoms with E-state index in [4.69, 9.17) is 5.73 Å². The van der Waals surface area contributed by atoms with Crippen molar-refractivity contribution >= 4 is 11.6 Å². The summed E-state index contributed by atoms with van der Waals surface area (Å²) in [5.41, 5.74) is 6.84. The van der Waals surface area contributed by atoms with Crippen LogP contribution >= 0.6 is 0 Å². The van der Waals surface area contributed by atoms with Gasteiger partial charge in [0.2, 0.25) is 0 Å². The number of rotatable bonds is 9. The zero-order chi connectivity index (χ0) is 17.9. The van der Waals surface area contributed by atoms with Crippen LogP contribution in [-0.4, -0.2) is 30.7 Å². The van der Waals surface area contributed by atoms with E-state index in [1.807, 2.05) is 12.2 Å². The fourth-order valence-corrected chi connectivity index (χ4v) is 2.50. The maximum atomic E-state index is 11.8. The Hall–Kier alpha value is -2.14. The molecule has 1 atom stereocenters. The Balaban J connectivity index is 0.00000338. The van der Waals surface area contributed by atoms with E-state index in [0.717, 1.165) is 19.3 Å². The first-order valence-corrected chi connectivity index (χ1v) is 8.58. The van der Waals surface area contributed by atoms with Crippen LogP contribution in [0.4, 0.5) is 0 Å². The van der Waals surface area contributed by atoms with Crippen molar-refractivity contribution < 1.29 is 26.7 Å². The first-order valence-electron chi connectivity index (χ1n) is 8.58. The monoisotopic (exact) mass is 402 g/mol. The van der Waals surface area contributed by atoms with Gasteiger partial charge in [0.15, 0.2) is 11.6 Å². The van der Waals surface area contributed by atoms with Crippen molar-refractivity contribution in [1.29, 1.82) is 0 Å². The van der Waals surface area contributed by atoms with Crippen molar-refractivity contribution in [3.63, 3.8) is 0 Å². The third-order valence-corrected chi connectivity index (χ3v) is 3.94. The molecule has 0 aromatic heterocycles. The van der Waals surface area contributed by atoms with E-state index >= 15 is 0 Å². The zero-order valence-corrected chi connectivity index (χ0v) is 15.5. The smallest absolute Gasteiger partial charge is 0.187 e. The van der Waals surface area contributed by atoms with Gasteiger partial charge in [-0.25, -0.2) is 0 Å². The number of unbranched alkanes of at least 4 members (excludes halogenated alkanes) is 1. The molecule has 0 fully saturated rings. The van der Waals surface area contributed by atoms with Crippen molar-refractivity contribution in [3.05, 3.63) is 72.2 Å². The van der Waals surface area contributed by atoms with Gasteiger partial charge >= 0.3 is 0 Å². The Morgan fingerprint density at radius 3 is 2.04 bits per heavy atom. The number of allylic oxidation sites excluding steroid dienone is 10. The summed E-state index contributed by atoms with van der Waals surface area (Å²) in [5.74, 6) is -0.00926. The predicted octanol–water partition coefficient (Wildman–Crippen LogP) is 1.82. The second-order valence-electron chi connectivity index (χ2n) is 5.92. The molecule has 2 rings (SSSR count). The zero-order valence-electron chi connectivity index (χ0n) is 14.6. The van der Waals surface area contributed by atoms with Gasteiger partial charge in [-0.15, -0.1) is 0 Å². The van der Waals surface area contributed by atoms with Crippen LogP contribution in [-0.2, 0) is 26.7 Å². The Morgan fingerprint density at radius 2 is 1.46 bits per heavy atom.